The molecule has 0 aliphatic rings. The van der Waals surface area contributed by atoms with Crippen LogP contribution >= 0.6 is 0 Å². The van der Waals surface area contributed by atoms with Gasteiger partial charge in [-0.15, -0.1) is 0 Å². The van der Waals surface area contributed by atoms with Gasteiger partial charge < -0.3 is 19.6 Å². The molecule has 0 saturated carbocycles. The number of aryl methyl sites for hydroxylation is 1. The minimum atomic E-state index is -0.402. The summed E-state index contributed by atoms with van der Waals surface area (Å²) in [4.78, 5) is 9.51. The fourth-order valence-corrected chi connectivity index (χ4v) is 3.32. The van der Waals surface area contributed by atoms with Crippen molar-refractivity contribution in [1.29, 1.82) is 5.26 Å². The summed E-state index contributed by atoms with van der Waals surface area (Å²) in [7, 11) is 5.10. The van der Waals surface area contributed by atoms with E-state index in [-0.39, 0.29) is 11.3 Å². The van der Waals surface area contributed by atoms with Gasteiger partial charge in [-0.05, 0) is 56.3 Å². The van der Waals surface area contributed by atoms with E-state index in [1.54, 1.807) is 14.2 Å². The van der Waals surface area contributed by atoms with Crippen molar-refractivity contribution in [3.8, 4) is 17.6 Å². The van der Waals surface area contributed by atoms with Gasteiger partial charge in [0.2, 0.25) is 0 Å². The number of nitrogens with one attached hydrogen (secondary N) is 1. The summed E-state index contributed by atoms with van der Waals surface area (Å²) in [6.45, 7) is 4.41. The molecule has 3 aromatic rings. The third kappa shape index (κ3) is 4.09. The van der Waals surface area contributed by atoms with E-state index in [9.17, 15) is 10.4 Å². The zero-order valence-corrected chi connectivity index (χ0v) is 17.9. The maximum absolute atomic E-state index is 10.9. The standard InChI is InChI=1S/C23H26N4O3/c1-14-10-20(29-4)21(30-5)11-16(14)13-27(3)15(2)22(28)17(12-24)23-25-18-8-6-7-9-19(18)26-23/h6-11,15,28H,13H2,1-5H3,(H,25,26)/b22-17-/t15-/m0/s1. The highest BCUT2D eigenvalue weighted by atomic mass is 16.5. The number of hydrogen-bond acceptors (Lipinski definition) is 6. The van der Waals surface area contributed by atoms with Crippen LogP contribution in [0.4, 0.5) is 0 Å². The van der Waals surface area contributed by atoms with Crippen LogP contribution in [0.1, 0.15) is 23.9 Å². The van der Waals surface area contributed by atoms with E-state index in [4.69, 9.17) is 9.47 Å². The van der Waals surface area contributed by atoms with Gasteiger partial charge in [0.05, 0.1) is 31.3 Å². The number of likely N-dealkylation sites (N-methyl/N-ethyl adjacent to an activating group) is 1. The summed E-state index contributed by atoms with van der Waals surface area (Å²) in [5.41, 5.74) is 3.78. The van der Waals surface area contributed by atoms with Crippen molar-refractivity contribution in [1.82, 2.24) is 14.9 Å². The number of hydrogen-bond donors (Lipinski definition) is 2. The average Bonchev–Trinajstić information content (AvgIpc) is 3.18. The maximum Gasteiger partial charge on any atom is 0.161 e. The number of ether oxygens (including phenoxy) is 2. The second-order valence-electron chi connectivity index (χ2n) is 7.20. The molecule has 1 atom stereocenters. The van der Waals surface area contributed by atoms with E-state index in [0.717, 1.165) is 22.2 Å². The Hall–Kier alpha value is -3.50. The van der Waals surface area contributed by atoms with Gasteiger partial charge in [-0.25, -0.2) is 4.98 Å². The average molecular weight is 406 g/mol. The number of aliphatic hydroxyl groups is 1. The fourth-order valence-electron chi connectivity index (χ4n) is 3.32. The molecule has 1 aromatic heterocycles. The minimum absolute atomic E-state index is 0.0304. The van der Waals surface area contributed by atoms with Gasteiger partial charge in [-0.1, -0.05) is 12.1 Å². The van der Waals surface area contributed by atoms with Gasteiger partial charge in [0.25, 0.3) is 0 Å². The monoisotopic (exact) mass is 406 g/mol. The number of para-hydroxylation sites is 2. The predicted octanol–water partition coefficient (Wildman–Crippen LogP) is 4.20. The van der Waals surface area contributed by atoms with E-state index in [0.29, 0.717) is 23.9 Å². The van der Waals surface area contributed by atoms with Crippen LogP contribution in [0.5, 0.6) is 11.5 Å². The molecule has 2 aromatic carbocycles. The van der Waals surface area contributed by atoms with Crippen molar-refractivity contribution in [3.63, 3.8) is 0 Å². The highest BCUT2D eigenvalue weighted by Gasteiger charge is 2.22. The van der Waals surface area contributed by atoms with Crippen LogP contribution in [0.3, 0.4) is 0 Å². The Balaban J connectivity index is 1.89. The molecule has 3 rings (SSSR count). The number of aliphatic hydroxyl groups excluding tert-OH is 1. The Morgan fingerprint density at radius 3 is 2.53 bits per heavy atom. The molecule has 0 aliphatic carbocycles. The van der Waals surface area contributed by atoms with E-state index >= 15 is 0 Å². The van der Waals surface area contributed by atoms with E-state index in [1.807, 2.05) is 62.2 Å². The lowest BCUT2D eigenvalue weighted by Crippen LogP contribution is -2.31. The highest BCUT2D eigenvalue weighted by molar-refractivity contribution is 5.83. The van der Waals surface area contributed by atoms with Gasteiger partial charge in [-0.3, -0.25) is 4.90 Å². The SMILES string of the molecule is COc1cc(C)c(CN(C)[C@@H](C)/C(O)=C(\C#N)c2nc3ccccc3[nH]2)cc1OC. The third-order valence-electron chi connectivity index (χ3n) is 5.31. The van der Waals surface area contributed by atoms with Crippen molar-refractivity contribution in [2.24, 2.45) is 0 Å². The lowest BCUT2D eigenvalue weighted by atomic mass is 10.1. The lowest BCUT2D eigenvalue weighted by Gasteiger charge is -2.26. The Bertz CT molecular complexity index is 1090. The molecule has 7 nitrogen and oxygen atoms in total. The van der Waals surface area contributed by atoms with Crippen molar-refractivity contribution in [2.45, 2.75) is 26.4 Å². The molecule has 0 unspecified atom stereocenters. The first-order valence-corrected chi connectivity index (χ1v) is 9.59. The molecule has 0 radical (unpaired) electrons. The number of nitrogens with zero attached hydrogens (tertiary/aromatic N) is 3. The number of rotatable bonds is 7. The molecule has 7 heteroatoms. The van der Waals surface area contributed by atoms with Crippen molar-refractivity contribution >= 4 is 16.6 Å². The Morgan fingerprint density at radius 1 is 1.23 bits per heavy atom. The first-order chi connectivity index (χ1) is 14.4. The fraction of sp³-hybridized carbons (Fsp3) is 0.304. The number of fused-ring (bicyclic) bond motifs is 1. The molecule has 0 fully saturated rings. The zero-order chi connectivity index (χ0) is 21.8. The molecule has 0 amide bonds. The molecule has 0 spiro atoms. The zero-order valence-electron chi connectivity index (χ0n) is 17.9. The predicted molar refractivity (Wildman–Crippen MR) is 116 cm³/mol. The molecule has 2 N–H and O–H groups in total. The van der Waals surface area contributed by atoms with Gasteiger partial charge >= 0.3 is 0 Å². The highest BCUT2D eigenvalue weighted by Crippen LogP contribution is 2.31. The number of allylic oxidation sites excluding steroid dienone is 1. The summed E-state index contributed by atoms with van der Waals surface area (Å²) in [6, 6.07) is 13.1. The summed E-state index contributed by atoms with van der Waals surface area (Å²) in [5, 5.41) is 20.6. The first-order valence-electron chi connectivity index (χ1n) is 9.59. The van der Waals surface area contributed by atoms with E-state index in [1.165, 1.54) is 0 Å². The Kier molecular flexibility index (Phi) is 6.28. The van der Waals surface area contributed by atoms with Crippen molar-refractivity contribution < 1.29 is 14.6 Å². The van der Waals surface area contributed by atoms with Crippen molar-refractivity contribution in [2.75, 3.05) is 21.3 Å². The summed E-state index contributed by atoms with van der Waals surface area (Å²) >= 11 is 0. The lowest BCUT2D eigenvalue weighted by molar-refractivity contribution is 0.216. The number of nitriles is 1. The summed E-state index contributed by atoms with van der Waals surface area (Å²) in [5.74, 6) is 1.66. The van der Waals surface area contributed by atoms with Gasteiger partial charge in [0.1, 0.15) is 17.4 Å². The number of aromatic amines is 1. The molecule has 156 valence electrons. The Labute approximate surface area is 176 Å². The second-order valence-corrected chi connectivity index (χ2v) is 7.20. The van der Waals surface area contributed by atoms with Gasteiger partial charge in [0.15, 0.2) is 17.3 Å². The number of aromatic nitrogens is 2. The normalized spacial score (nSPS) is 13.1. The van der Waals surface area contributed by atoms with Crippen LogP contribution in [0.25, 0.3) is 16.6 Å². The smallest absolute Gasteiger partial charge is 0.161 e. The van der Waals surface area contributed by atoms with E-state index in [2.05, 4.69) is 16.0 Å². The van der Waals surface area contributed by atoms with Crippen LogP contribution in [0.2, 0.25) is 0 Å². The van der Waals surface area contributed by atoms with Gasteiger partial charge in [0, 0.05) is 6.54 Å². The second kappa shape index (κ2) is 8.89. The molecular weight excluding hydrogens is 380 g/mol. The quantitative estimate of drug-likeness (QED) is 0.451. The van der Waals surface area contributed by atoms with Gasteiger partial charge in [-0.2, -0.15) is 5.26 Å². The topological polar surface area (TPSA) is 94.4 Å². The molecule has 30 heavy (non-hydrogen) atoms. The van der Waals surface area contributed by atoms with Crippen molar-refractivity contribution in [3.05, 3.63) is 59.1 Å². The van der Waals surface area contributed by atoms with Crippen LogP contribution in [-0.4, -0.2) is 47.3 Å². The van der Waals surface area contributed by atoms with Crippen LogP contribution in [0, 0.1) is 18.3 Å². The number of H-pyrrole nitrogens is 1. The number of imidazole rings is 1. The summed E-state index contributed by atoms with van der Waals surface area (Å²) < 4.78 is 10.8. The van der Waals surface area contributed by atoms with Crippen LogP contribution in [-0.2, 0) is 6.54 Å². The summed E-state index contributed by atoms with van der Waals surface area (Å²) in [6.07, 6.45) is 0. The molecule has 0 saturated heterocycles. The van der Waals surface area contributed by atoms with Crippen LogP contribution in [0.15, 0.2) is 42.2 Å². The largest absolute Gasteiger partial charge is 0.509 e. The first kappa shape index (κ1) is 21.2. The molecular formula is C23H26N4O3. The Morgan fingerprint density at radius 2 is 1.90 bits per heavy atom. The molecule has 0 bridgehead atoms. The minimum Gasteiger partial charge on any atom is -0.509 e. The number of benzene rings is 2. The van der Waals surface area contributed by atoms with Crippen LogP contribution < -0.4 is 9.47 Å². The molecule has 1 heterocycles. The number of methoxy groups -OCH3 is 2. The third-order valence-corrected chi connectivity index (χ3v) is 5.31. The molecule has 0 aliphatic heterocycles. The van der Waals surface area contributed by atoms with E-state index < -0.39 is 6.04 Å². The maximum atomic E-state index is 10.9.